The van der Waals surface area contributed by atoms with Crippen LogP contribution in [0, 0.1) is 0 Å². The SMILES string of the molecule is CC(=O)N(c1ccccc1)c1ccc(-c2ccc(N(C(=O)Cc3ccccc3)c3ccc(-c4ccccc4)cc3)cc2)cc1. The maximum absolute atomic E-state index is 13.8. The summed E-state index contributed by atoms with van der Waals surface area (Å²) in [5.74, 6) is -0.0589. The third-order valence-corrected chi connectivity index (χ3v) is 7.59. The van der Waals surface area contributed by atoms with Gasteiger partial charge in [-0.2, -0.15) is 0 Å². The Morgan fingerprint density at radius 3 is 1.18 bits per heavy atom. The molecule has 0 aliphatic carbocycles. The molecule has 0 N–H and O–H groups in total. The normalized spacial score (nSPS) is 10.7. The molecule has 0 bridgehead atoms. The number of rotatable bonds is 8. The molecule has 0 saturated carbocycles. The van der Waals surface area contributed by atoms with E-state index >= 15 is 0 Å². The Hall–Kier alpha value is -5.74. The first kappa shape index (κ1) is 28.4. The minimum absolute atomic E-state index is 0.00833. The van der Waals surface area contributed by atoms with Crippen LogP contribution < -0.4 is 9.80 Å². The van der Waals surface area contributed by atoms with Crippen molar-refractivity contribution >= 4 is 34.6 Å². The zero-order valence-corrected chi connectivity index (χ0v) is 24.5. The second-order valence-corrected chi connectivity index (χ2v) is 10.6. The maximum atomic E-state index is 13.8. The summed E-state index contributed by atoms with van der Waals surface area (Å²) in [5, 5.41) is 0. The van der Waals surface area contributed by atoms with Crippen LogP contribution in [0.25, 0.3) is 22.3 Å². The molecule has 0 aliphatic heterocycles. The molecule has 6 aromatic carbocycles. The number of amides is 2. The molecule has 0 radical (unpaired) electrons. The first-order valence-electron chi connectivity index (χ1n) is 14.7. The van der Waals surface area contributed by atoms with Crippen LogP contribution in [0.5, 0.6) is 0 Å². The fraction of sp³-hybridized carbons (Fsp3) is 0.0500. The summed E-state index contributed by atoms with van der Waals surface area (Å²) in [6.45, 7) is 1.57. The number of anilines is 4. The lowest BCUT2D eigenvalue weighted by molar-refractivity contribution is -0.117. The molecule has 2 amide bonds. The van der Waals surface area contributed by atoms with E-state index in [-0.39, 0.29) is 11.8 Å². The third-order valence-electron chi connectivity index (χ3n) is 7.59. The molecule has 0 aliphatic rings. The minimum Gasteiger partial charge on any atom is -0.281 e. The van der Waals surface area contributed by atoms with E-state index in [0.717, 1.165) is 50.6 Å². The zero-order valence-electron chi connectivity index (χ0n) is 24.5. The molecule has 0 unspecified atom stereocenters. The van der Waals surface area contributed by atoms with Gasteiger partial charge in [-0.1, -0.05) is 115 Å². The highest BCUT2D eigenvalue weighted by Gasteiger charge is 2.19. The summed E-state index contributed by atoms with van der Waals surface area (Å²) < 4.78 is 0. The van der Waals surface area contributed by atoms with E-state index in [1.54, 1.807) is 16.7 Å². The number of benzene rings is 6. The Kier molecular flexibility index (Phi) is 8.42. The second kappa shape index (κ2) is 13.1. The van der Waals surface area contributed by atoms with Gasteiger partial charge < -0.3 is 0 Å². The summed E-state index contributed by atoms with van der Waals surface area (Å²) in [4.78, 5) is 29.8. The van der Waals surface area contributed by atoms with Gasteiger partial charge in [0.1, 0.15) is 0 Å². The van der Waals surface area contributed by atoms with Crippen LogP contribution in [0.4, 0.5) is 22.7 Å². The first-order chi connectivity index (χ1) is 21.6. The van der Waals surface area contributed by atoms with Gasteiger partial charge >= 0.3 is 0 Å². The monoisotopic (exact) mass is 572 g/mol. The van der Waals surface area contributed by atoms with Gasteiger partial charge in [0.2, 0.25) is 11.8 Å². The number of carbonyl (C=O) groups is 2. The summed E-state index contributed by atoms with van der Waals surface area (Å²) in [6.07, 6.45) is 0.290. The molecule has 6 aromatic rings. The average molecular weight is 573 g/mol. The number of carbonyl (C=O) groups excluding carboxylic acids is 2. The fourth-order valence-electron chi connectivity index (χ4n) is 5.42. The molecule has 4 heteroatoms. The smallest absolute Gasteiger partial charge is 0.235 e. The standard InChI is InChI=1S/C40H32N2O2/c1-30(43)41(36-15-9-4-10-16-36)37-23-17-34(18-24-37)35-21-27-39(28-22-35)42(40(44)29-31-11-5-2-6-12-31)38-25-19-33(20-26-38)32-13-7-3-8-14-32/h2-28H,29H2,1H3. The highest BCUT2D eigenvalue weighted by atomic mass is 16.2. The van der Waals surface area contributed by atoms with Crippen LogP contribution in [0.2, 0.25) is 0 Å². The van der Waals surface area contributed by atoms with E-state index in [4.69, 9.17) is 0 Å². The molecular formula is C40H32N2O2. The first-order valence-corrected chi connectivity index (χ1v) is 14.7. The van der Waals surface area contributed by atoms with E-state index in [2.05, 4.69) is 24.3 Å². The summed E-state index contributed by atoms with van der Waals surface area (Å²) in [6, 6.07) is 53.8. The Bertz CT molecular complexity index is 1830. The predicted octanol–water partition coefficient (Wildman–Crippen LogP) is 9.61. The van der Waals surface area contributed by atoms with Crippen molar-refractivity contribution in [3.63, 3.8) is 0 Å². The van der Waals surface area contributed by atoms with Crippen LogP contribution in [-0.2, 0) is 16.0 Å². The van der Waals surface area contributed by atoms with E-state index in [9.17, 15) is 9.59 Å². The predicted molar refractivity (Wildman–Crippen MR) is 180 cm³/mol. The van der Waals surface area contributed by atoms with Crippen LogP contribution in [-0.4, -0.2) is 11.8 Å². The lowest BCUT2D eigenvalue weighted by atomic mass is 10.0. The van der Waals surface area contributed by atoms with Crippen LogP contribution in [0.15, 0.2) is 164 Å². The molecule has 0 saturated heterocycles. The highest BCUT2D eigenvalue weighted by Crippen LogP contribution is 2.33. The van der Waals surface area contributed by atoms with Gasteiger partial charge in [0.05, 0.1) is 6.42 Å². The van der Waals surface area contributed by atoms with Crippen molar-refractivity contribution < 1.29 is 9.59 Å². The van der Waals surface area contributed by atoms with Crippen molar-refractivity contribution in [3.05, 3.63) is 169 Å². The van der Waals surface area contributed by atoms with Crippen molar-refractivity contribution in [3.8, 4) is 22.3 Å². The van der Waals surface area contributed by atoms with Gasteiger partial charge in [-0.3, -0.25) is 19.4 Å². The third kappa shape index (κ3) is 6.35. The molecule has 214 valence electrons. The van der Waals surface area contributed by atoms with Gasteiger partial charge in [-0.25, -0.2) is 0 Å². The van der Waals surface area contributed by atoms with E-state index in [0.29, 0.717) is 6.42 Å². The van der Waals surface area contributed by atoms with Crippen molar-refractivity contribution in [2.24, 2.45) is 0 Å². The van der Waals surface area contributed by atoms with E-state index in [1.807, 2.05) is 140 Å². The van der Waals surface area contributed by atoms with E-state index < -0.39 is 0 Å². The molecular weight excluding hydrogens is 540 g/mol. The lowest BCUT2D eigenvalue weighted by Gasteiger charge is -2.24. The highest BCUT2D eigenvalue weighted by molar-refractivity contribution is 6.02. The summed E-state index contributed by atoms with van der Waals surface area (Å²) >= 11 is 0. The Labute approximate surface area is 258 Å². The largest absolute Gasteiger partial charge is 0.281 e. The lowest BCUT2D eigenvalue weighted by Crippen LogP contribution is -2.27. The van der Waals surface area contributed by atoms with Crippen LogP contribution >= 0.6 is 0 Å². The maximum Gasteiger partial charge on any atom is 0.235 e. The van der Waals surface area contributed by atoms with Crippen LogP contribution in [0.1, 0.15) is 12.5 Å². The fourth-order valence-corrected chi connectivity index (χ4v) is 5.42. The Morgan fingerprint density at radius 2 is 0.750 bits per heavy atom. The molecule has 4 nitrogen and oxygen atoms in total. The van der Waals surface area contributed by atoms with Gasteiger partial charge in [0.25, 0.3) is 0 Å². The van der Waals surface area contributed by atoms with Crippen molar-refractivity contribution in [1.82, 2.24) is 0 Å². The topological polar surface area (TPSA) is 40.6 Å². The quantitative estimate of drug-likeness (QED) is 0.182. The molecule has 0 fully saturated rings. The van der Waals surface area contributed by atoms with Crippen molar-refractivity contribution in [2.45, 2.75) is 13.3 Å². The molecule has 44 heavy (non-hydrogen) atoms. The summed E-state index contributed by atoms with van der Waals surface area (Å²) in [7, 11) is 0. The molecule has 6 rings (SSSR count). The van der Waals surface area contributed by atoms with E-state index in [1.165, 1.54) is 0 Å². The number of hydrogen-bond acceptors (Lipinski definition) is 2. The average Bonchev–Trinajstić information content (AvgIpc) is 3.07. The van der Waals surface area contributed by atoms with Gasteiger partial charge in [-0.05, 0) is 76.3 Å². The molecule has 0 spiro atoms. The second-order valence-electron chi connectivity index (χ2n) is 10.6. The molecule has 0 heterocycles. The van der Waals surface area contributed by atoms with Gasteiger partial charge in [0.15, 0.2) is 0 Å². The van der Waals surface area contributed by atoms with Gasteiger partial charge in [0, 0.05) is 29.7 Å². The van der Waals surface area contributed by atoms with Gasteiger partial charge in [-0.15, -0.1) is 0 Å². The van der Waals surface area contributed by atoms with Crippen LogP contribution in [0.3, 0.4) is 0 Å². The number of hydrogen-bond donors (Lipinski definition) is 0. The zero-order chi connectivity index (χ0) is 30.3. The number of para-hydroxylation sites is 1. The summed E-state index contributed by atoms with van der Waals surface area (Å²) in [5.41, 5.74) is 8.48. The Balaban J connectivity index is 1.28. The van der Waals surface area contributed by atoms with Crippen molar-refractivity contribution in [2.75, 3.05) is 9.80 Å². The molecule has 0 aromatic heterocycles. The number of nitrogens with zero attached hydrogens (tertiary/aromatic N) is 2. The Morgan fingerprint density at radius 1 is 0.409 bits per heavy atom. The van der Waals surface area contributed by atoms with Crippen molar-refractivity contribution in [1.29, 1.82) is 0 Å². The molecule has 0 atom stereocenters. The minimum atomic E-state index is -0.0506.